The first-order valence-corrected chi connectivity index (χ1v) is 11.8. The molecule has 1 saturated heterocycles. The molecule has 2 N–H and O–H groups in total. The van der Waals surface area contributed by atoms with Gasteiger partial charge in [-0.15, -0.1) is 0 Å². The van der Waals surface area contributed by atoms with E-state index in [1.165, 1.54) is 13.1 Å². The second-order valence-corrected chi connectivity index (χ2v) is 9.03. The van der Waals surface area contributed by atoms with Crippen molar-refractivity contribution in [3.8, 4) is 0 Å². The van der Waals surface area contributed by atoms with Gasteiger partial charge in [-0.05, 0) is 44.4 Å². The van der Waals surface area contributed by atoms with E-state index < -0.39 is 0 Å². The van der Waals surface area contributed by atoms with E-state index in [0.717, 1.165) is 62.3 Å². The largest absolute Gasteiger partial charge is 0.711 e. The van der Waals surface area contributed by atoms with Gasteiger partial charge in [0.05, 0.1) is 11.8 Å². The van der Waals surface area contributed by atoms with Crippen LogP contribution < -0.4 is 25.8 Å². The van der Waals surface area contributed by atoms with Gasteiger partial charge in [0.15, 0.2) is 11.4 Å². The minimum Gasteiger partial charge on any atom is -0.711 e. The third-order valence-corrected chi connectivity index (χ3v) is 6.88. The van der Waals surface area contributed by atoms with E-state index in [-0.39, 0.29) is 28.9 Å². The van der Waals surface area contributed by atoms with Gasteiger partial charge in [-0.2, -0.15) is 9.97 Å². The first-order chi connectivity index (χ1) is 16.5. The summed E-state index contributed by atoms with van der Waals surface area (Å²) in [5.41, 5.74) is 1.76. The standard InChI is InChI=1S/C24H29N7O3/c1-15-18-14-26-24(28-22-19(8-5-11-30(22)34)29-12-9-25-10-13-29)27-21(18)31(17-6-3-4-7-17)23(33)20(15)16(2)32/h5,8,11,14,17,25H,3-4,6-7,9-10,12-13H2,1-2H3,(H,26,27,28). The van der Waals surface area contributed by atoms with Crippen molar-refractivity contribution in [3.63, 3.8) is 0 Å². The van der Waals surface area contributed by atoms with Crippen LogP contribution in [-0.4, -0.2) is 46.5 Å². The Morgan fingerprint density at radius 2 is 2.00 bits per heavy atom. The molecule has 34 heavy (non-hydrogen) atoms. The Kier molecular flexibility index (Phi) is 5.91. The molecule has 0 aromatic carbocycles. The molecule has 1 aliphatic carbocycles. The zero-order chi connectivity index (χ0) is 23.8. The van der Waals surface area contributed by atoms with Crippen molar-refractivity contribution in [2.45, 2.75) is 45.6 Å². The Hall–Kier alpha value is -3.53. The Morgan fingerprint density at radius 1 is 1.26 bits per heavy atom. The molecule has 3 aromatic rings. The number of ketones is 1. The Morgan fingerprint density at radius 3 is 2.71 bits per heavy atom. The fourth-order valence-electron chi connectivity index (χ4n) is 5.17. The van der Waals surface area contributed by atoms with Crippen LogP contribution in [-0.2, 0) is 0 Å². The lowest BCUT2D eigenvalue weighted by atomic mass is 10.0. The maximum atomic E-state index is 13.4. The number of hydrogen-bond acceptors (Lipinski definition) is 8. The Labute approximate surface area is 197 Å². The molecular formula is C24H29N7O3. The van der Waals surface area contributed by atoms with Gasteiger partial charge in [0, 0.05) is 43.8 Å². The van der Waals surface area contributed by atoms with Crippen LogP contribution in [0.25, 0.3) is 11.0 Å². The summed E-state index contributed by atoms with van der Waals surface area (Å²) in [6, 6.07) is 3.62. The number of aromatic nitrogens is 4. The van der Waals surface area contributed by atoms with Crippen LogP contribution in [0, 0.1) is 12.1 Å². The van der Waals surface area contributed by atoms with Gasteiger partial charge in [0.2, 0.25) is 0 Å². The smallest absolute Gasteiger partial charge is 0.321 e. The van der Waals surface area contributed by atoms with Crippen molar-refractivity contribution in [1.29, 1.82) is 0 Å². The lowest BCUT2D eigenvalue weighted by Crippen LogP contribution is -2.45. The molecule has 10 heteroatoms. The van der Waals surface area contributed by atoms with Crippen LogP contribution >= 0.6 is 0 Å². The number of hydrogen-bond donors (Lipinski definition) is 2. The summed E-state index contributed by atoms with van der Waals surface area (Å²) in [5, 5.41) is 19.8. The van der Waals surface area contributed by atoms with Crippen molar-refractivity contribution >= 4 is 34.3 Å². The summed E-state index contributed by atoms with van der Waals surface area (Å²) < 4.78 is 2.45. The van der Waals surface area contributed by atoms with Gasteiger partial charge in [-0.1, -0.05) is 12.8 Å². The molecule has 3 aromatic heterocycles. The topological polar surface area (TPSA) is 119 Å². The SMILES string of the molecule is CC(=O)c1c(C)c2cnc(Nc3c(N4CCNCC4)ccc[n+]3[O-])nc2n(C2CCCC2)c1=O. The lowest BCUT2D eigenvalue weighted by Gasteiger charge is -2.30. The predicted molar refractivity (Wildman–Crippen MR) is 130 cm³/mol. The number of anilines is 3. The molecule has 2 aliphatic rings. The molecule has 1 saturated carbocycles. The number of piperazine rings is 1. The molecule has 0 radical (unpaired) electrons. The van der Waals surface area contributed by atoms with Crippen molar-refractivity contribution < 1.29 is 9.52 Å². The molecule has 0 bridgehead atoms. The third-order valence-electron chi connectivity index (χ3n) is 6.88. The quantitative estimate of drug-likeness (QED) is 0.336. The summed E-state index contributed by atoms with van der Waals surface area (Å²) in [6.07, 6.45) is 6.88. The Bertz CT molecular complexity index is 1310. The normalized spacial score (nSPS) is 16.8. The number of fused-ring (bicyclic) bond motifs is 1. The number of nitrogens with zero attached hydrogens (tertiary/aromatic N) is 5. The first kappa shape index (κ1) is 22.3. The molecular weight excluding hydrogens is 434 g/mol. The van der Waals surface area contributed by atoms with Crippen LogP contribution in [0.3, 0.4) is 0 Å². The van der Waals surface area contributed by atoms with E-state index in [1.54, 1.807) is 23.8 Å². The highest BCUT2D eigenvalue weighted by Gasteiger charge is 2.27. The number of aryl methyl sites for hydroxylation is 1. The summed E-state index contributed by atoms with van der Waals surface area (Å²) >= 11 is 0. The van der Waals surface area contributed by atoms with Gasteiger partial charge in [0.25, 0.3) is 5.56 Å². The molecule has 0 unspecified atom stereocenters. The fraction of sp³-hybridized carbons (Fsp3) is 0.458. The molecule has 5 rings (SSSR count). The zero-order valence-electron chi connectivity index (χ0n) is 19.5. The molecule has 1 aliphatic heterocycles. The monoisotopic (exact) mass is 463 g/mol. The molecule has 4 heterocycles. The van der Waals surface area contributed by atoms with Crippen molar-refractivity contribution in [2.24, 2.45) is 0 Å². The average molecular weight is 464 g/mol. The van der Waals surface area contributed by atoms with Crippen LogP contribution in [0.2, 0.25) is 0 Å². The maximum absolute atomic E-state index is 13.4. The fourth-order valence-corrected chi connectivity index (χ4v) is 5.17. The number of pyridine rings is 2. The number of rotatable bonds is 5. The highest BCUT2D eigenvalue weighted by atomic mass is 16.5. The highest BCUT2D eigenvalue weighted by molar-refractivity contribution is 5.99. The number of nitrogens with one attached hydrogen (secondary N) is 2. The highest BCUT2D eigenvalue weighted by Crippen LogP contribution is 2.32. The van der Waals surface area contributed by atoms with Crippen LogP contribution in [0.1, 0.15) is 54.6 Å². The number of carbonyl (C=O) groups excluding carboxylic acids is 1. The molecule has 2 fully saturated rings. The van der Waals surface area contributed by atoms with Crippen molar-refractivity contribution in [2.75, 3.05) is 36.4 Å². The summed E-state index contributed by atoms with van der Waals surface area (Å²) in [5.74, 6) is 0.326. The van der Waals surface area contributed by atoms with E-state index in [0.29, 0.717) is 22.4 Å². The second-order valence-electron chi connectivity index (χ2n) is 9.03. The van der Waals surface area contributed by atoms with Gasteiger partial charge < -0.3 is 15.4 Å². The van der Waals surface area contributed by atoms with Crippen LogP contribution in [0.4, 0.5) is 17.5 Å². The Balaban J connectivity index is 1.63. The summed E-state index contributed by atoms with van der Waals surface area (Å²) in [7, 11) is 0. The number of carbonyl (C=O) groups is 1. The predicted octanol–water partition coefficient (Wildman–Crippen LogP) is 2.20. The van der Waals surface area contributed by atoms with Gasteiger partial charge >= 0.3 is 11.8 Å². The molecule has 10 nitrogen and oxygen atoms in total. The third kappa shape index (κ3) is 3.87. The zero-order valence-corrected chi connectivity index (χ0v) is 19.5. The molecule has 0 amide bonds. The minimum atomic E-state index is -0.297. The van der Waals surface area contributed by atoms with E-state index in [2.05, 4.69) is 20.5 Å². The van der Waals surface area contributed by atoms with E-state index in [1.807, 2.05) is 6.07 Å². The van der Waals surface area contributed by atoms with Crippen LogP contribution in [0.5, 0.6) is 0 Å². The lowest BCUT2D eigenvalue weighted by molar-refractivity contribution is -0.589. The van der Waals surface area contributed by atoms with E-state index >= 15 is 0 Å². The van der Waals surface area contributed by atoms with Gasteiger partial charge in [0.1, 0.15) is 5.69 Å². The van der Waals surface area contributed by atoms with E-state index in [4.69, 9.17) is 4.98 Å². The maximum Gasteiger partial charge on any atom is 0.321 e. The minimum absolute atomic E-state index is 0.00553. The van der Waals surface area contributed by atoms with E-state index in [9.17, 15) is 14.8 Å². The molecule has 178 valence electrons. The molecule has 0 atom stereocenters. The molecule has 0 spiro atoms. The van der Waals surface area contributed by atoms with Gasteiger partial charge in [-0.25, -0.2) is 10.0 Å². The second kappa shape index (κ2) is 9.02. The summed E-state index contributed by atoms with van der Waals surface area (Å²) in [6.45, 7) is 6.43. The first-order valence-electron chi connectivity index (χ1n) is 11.8. The van der Waals surface area contributed by atoms with Crippen molar-refractivity contribution in [1.82, 2.24) is 19.9 Å². The number of Topliss-reactive ketones (excluding diaryl/α,β-unsaturated/α-hetero) is 1. The summed E-state index contributed by atoms with van der Waals surface area (Å²) in [4.78, 5) is 37.0. The average Bonchev–Trinajstić information content (AvgIpc) is 3.35. The van der Waals surface area contributed by atoms with Crippen molar-refractivity contribution in [3.05, 3.63) is 51.2 Å². The van der Waals surface area contributed by atoms with Crippen LogP contribution in [0.15, 0.2) is 29.3 Å². The van der Waals surface area contributed by atoms with Gasteiger partial charge in [-0.3, -0.25) is 14.2 Å².